The Kier molecular flexibility index (Phi) is 3.80. The van der Waals surface area contributed by atoms with Crippen LogP contribution in [0.3, 0.4) is 0 Å². The number of carbonyl (C=O) groups is 1. The Hall–Kier alpha value is -0.630. The molecule has 6 atom stereocenters. The third-order valence-corrected chi connectivity index (χ3v) is 6.75. The van der Waals surface area contributed by atoms with Crippen LogP contribution in [-0.4, -0.2) is 17.0 Å². The molecule has 0 aliphatic heterocycles. The molecule has 0 aromatic rings. The van der Waals surface area contributed by atoms with Crippen LogP contribution in [0, 0.1) is 29.1 Å². The number of ketones is 1. The smallest absolute Gasteiger partial charge is 0.159 e. The fraction of sp³-hybridized carbons (Fsp3) is 0.842. The minimum Gasteiger partial charge on any atom is -0.393 e. The molecule has 3 aliphatic rings. The zero-order valence-corrected chi connectivity index (χ0v) is 14.0. The van der Waals surface area contributed by atoms with E-state index in [1.54, 1.807) is 0 Å². The maximum Gasteiger partial charge on any atom is 0.159 e. The van der Waals surface area contributed by atoms with Crippen LogP contribution in [0.25, 0.3) is 0 Å². The predicted octanol–water partition coefficient (Wildman–Crippen LogP) is 4.13. The normalized spacial score (nSPS) is 43.1. The summed E-state index contributed by atoms with van der Waals surface area (Å²) in [6, 6.07) is 0. The SMILES string of the molecule is CC(C)=C1CC2CC3C(CCC(C)O)C3(C)CC2CC1=O. The molecular weight excluding hydrogens is 260 g/mol. The maximum atomic E-state index is 12.3. The van der Waals surface area contributed by atoms with Gasteiger partial charge in [0, 0.05) is 6.42 Å². The quantitative estimate of drug-likeness (QED) is 0.794. The Balaban J connectivity index is 1.69. The summed E-state index contributed by atoms with van der Waals surface area (Å²) in [6.07, 6.45) is 6.31. The highest BCUT2D eigenvalue weighted by Crippen LogP contribution is 2.71. The number of carbonyl (C=O) groups excluding carboxylic acids is 1. The number of hydrogen-bond donors (Lipinski definition) is 1. The van der Waals surface area contributed by atoms with E-state index in [2.05, 4.69) is 20.8 Å². The van der Waals surface area contributed by atoms with Crippen molar-refractivity contribution in [2.24, 2.45) is 29.1 Å². The molecule has 1 N–H and O–H groups in total. The molecule has 0 aromatic heterocycles. The van der Waals surface area contributed by atoms with Crippen molar-refractivity contribution in [3.63, 3.8) is 0 Å². The summed E-state index contributed by atoms with van der Waals surface area (Å²) in [5.41, 5.74) is 2.83. The van der Waals surface area contributed by atoms with E-state index in [4.69, 9.17) is 0 Å². The summed E-state index contributed by atoms with van der Waals surface area (Å²) in [7, 11) is 0. The molecule has 118 valence electrons. The van der Waals surface area contributed by atoms with Gasteiger partial charge >= 0.3 is 0 Å². The second kappa shape index (κ2) is 5.22. The molecule has 0 radical (unpaired) electrons. The van der Waals surface area contributed by atoms with Gasteiger partial charge in [0.1, 0.15) is 0 Å². The van der Waals surface area contributed by atoms with Gasteiger partial charge in [-0.15, -0.1) is 0 Å². The predicted molar refractivity (Wildman–Crippen MR) is 84.8 cm³/mol. The van der Waals surface area contributed by atoms with E-state index >= 15 is 0 Å². The number of Topliss-reactive ketones (excluding diaryl/α,β-unsaturated/α-hetero) is 1. The zero-order valence-electron chi connectivity index (χ0n) is 14.0. The fourth-order valence-corrected chi connectivity index (χ4v) is 5.41. The average molecular weight is 290 g/mol. The minimum absolute atomic E-state index is 0.169. The number of aliphatic hydroxyl groups excluding tert-OH is 1. The summed E-state index contributed by atoms with van der Waals surface area (Å²) >= 11 is 0. The zero-order chi connectivity index (χ0) is 15.4. The number of allylic oxidation sites excluding steroid dienone is 2. The van der Waals surface area contributed by atoms with Gasteiger partial charge in [0.15, 0.2) is 5.78 Å². The molecule has 2 nitrogen and oxygen atoms in total. The third kappa shape index (κ3) is 2.60. The van der Waals surface area contributed by atoms with Crippen molar-refractivity contribution in [3.8, 4) is 0 Å². The Morgan fingerprint density at radius 2 is 2.05 bits per heavy atom. The van der Waals surface area contributed by atoms with Crippen LogP contribution in [0.15, 0.2) is 11.1 Å². The highest BCUT2D eigenvalue weighted by molar-refractivity contribution is 5.97. The lowest BCUT2D eigenvalue weighted by Crippen LogP contribution is -2.33. The van der Waals surface area contributed by atoms with Crippen molar-refractivity contribution < 1.29 is 9.90 Å². The van der Waals surface area contributed by atoms with E-state index in [-0.39, 0.29) is 6.10 Å². The van der Waals surface area contributed by atoms with E-state index in [9.17, 15) is 9.90 Å². The first kappa shape index (κ1) is 15.3. The summed E-state index contributed by atoms with van der Waals surface area (Å²) in [6.45, 7) is 8.50. The molecule has 0 heterocycles. The highest BCUT2D eigenvalue weighted by atomic mass is 16.3. The summed E-state index contributed by atoms with van der Waals surface area (Å²) in [4.78, 5) is 12.3. The largest absolute Gasteiger partial charge is 0.393 e. The van der Waals surface area contributed by atoms with E-state index in [0.29, 0.717) is 17.1 Å². The summed E-state index contributed by atoms with van der Waals surface area (Å²) in [5.74, 6) is 3.42. The van der Waals surface area contributed by atoms with Crippen molar-refractivity contribution >= 4 is 5.78 Å². The van der Waals surface area contributed by atoms with E-state index in [1.807, 2.05) is 6.92 Å². The van der Waals surface area contributed by atoms with Crippen LogP contribution in [0.2, 0.25) is 0 Å². The standard InChI is InChI=1S/C19H30O2/c1-11(2)15-7-13-8-17-16(6-5-12(3)20)19(17,4)10-14(13)9-18(15)21/h12-14,16-17,20H,5-10H2,1-4H3. The average Bonchev–Trinajstić information content (AvgIpc) is 2.95. The fourth-order valence-electron chi connectivity index (χ4n) is 5.41. The van der Waals surface area contributed by atoms with Crippen molar-refractivity contribution in [1.82, 2.24) is 0 Å². The van der Waals surface area contributed by atoms with Crippen LogP contribution in [0.5, 0.6) is 0 Å². The first-order valence-corrected chi connectivity index (χ1v) is 8.70. The Morgan fingerprint density at radius 3 is 2.67 bits per heavy atom. The topological polar surface area (TPSA) is 37.3 Å². The molecule has 3 aliphatic carbocycles. The molecular formula is C19H30O2. The van der Waals surface area contributed by atoms with Gasteiger partial charge in [0.05, 0.1) is 6.10 Å². The van der Waals surface area contributed by atoms with Crippen LogP contribution in [0.4, 0.5) is 0 Å². The third-order valence-electron chi connectivity index (χ3n) is 6.75. The van der Waals surface area contributed by atoms with Crippen molar-refractivity contribution in [2.45, 2.75) is 72.3 Å². The lowest BCUT2D eigenvalue weighted by atomic mass is 9.66. The van der Waals surface area contributed by atoms with Gasteiger partial charge in [-0.05, 0) is 87.5 Å². The van der Waals surface area contributed by atoms with Gasteiger partial charge in [0.2, 0.25) is 0 Å². The van der Waals surface area contributed by atoms with Gasteiger partial charge in [-0.1, -0.05) is 12.5 Å². The Labute approximate surface area is 129 Å². The second-order valence-electron chi connectivity index (χ2n) is 8.42. The van der Waals surface area contributed by atoms with Gasteiger partial charge < -0.3 is 5.11 Å². The molecule has 0 aromatic carbocycles. The van der Waals surface area contributed by atoms with Gasteiger partial charge in [-0.2, -0.15) is 0 Å². The lowest BCUT2D eigenvalue weighted by molar-refractivity contribution is -0.119. The monoisotopic (exact) mass is 290 g/mol. The molecule has 21 heavy (non-hydrogen) atoms. The molecule has 3 fully saturated rings. The molecule has 6 unspecified atom stereocenters. The highest BCUT2D eigenvalue weighted by Gasteiger charge is 2.64. The molecule has 3 saturated carbocycles. The maximum absolute atomic E-state index is 12.3. The minimum atomic E-state index is -0.169. The van der Waals surface area contributed by atoms with E-state index in [0.717, 1.165) is 42.6 Å². The lowest BCUT2D eigenvalue weighted by Gasteiger charge is -2.38. The number of fused-ring (bicyclic) bond motifs is 2. The van der Waals surface area contributed by atoms with E-state index < -0.39 is 0 Å². The van der Waals surface area contributed by atoms with Crippen LogP contribution < -0.4 is 0 Å². The molecule has 3 rings (SSSR count). The number of aliphatic hydroxyl groups is 1. The van der Waals surface area contributed by atoms with Crippen LogP contribution in [-0.2, 0) is 4.79 Å². The van der Waals surface area contributed by atoms with Crippen LogP contribution in [0.1, 0.15) is 66.2 Å². The first-order chi connectivity index (χ1) is 9.83. The summed E-state index contributed by atoms with van der Waals surface area (Å²) < 4.78 is 0. The number of rotatable bonds is 3. The van der Waals surface area contributed by atoms with Crippen molar-refractivity contribution in [3.05, 3.63) is 11.1 Å². The van der Waals surface area contributed by atoms with Gasteiger partial charge in [0.25, 0.3) is 0 Å². The van der Waals surface area contributed by atoms with Crippen LogP contribution >= 0.6 is 0 Å². The first-order valence-electron chi connectivity index (χ1n) is 8.70. The second-order valence-corrected chi connectivity index (χ2v) is 8.42. The number of hydrogen-bond acceptors (Lipinski definition) is 2. The molecule has 0 saturated heterocycles. The van der Waals surface area contributed by atoms with Crippen molar-refractivity contribution in [2.75, 3.05) is 0 Å². The molecule has 0 spiro atoms. The Bertz CT molecular complexity index is 472. The van der Waals surface area contributed by atoms with Gasteiger partial charge in [-0.25, -0.2) is 0 Å². The summed E-state index contributed by atoms with van der Waals surface area (Å²) in [5, 5.41) is 9.53. The molecule has 2 heteroatoms. The Morgan fingerprint density at radius 1 is 1.33 bits per heavy atom. The molecule has 0 amide bonds. The van der Waals surface area contributed by atoms with E-state index in [1.165, 1.54) is 24.8 Å². The van der Waals surface area contributed by atoms with Gasteiger partial charge in [-0.3, -0.25) is 4.79 Å². The van der Waals surface area contributed by atoms with Crippen molar-refractivity contribution in [1.29, 1.82) is 0 Å². The molecule has 0 bridgehead atoms.